The summed E-state index contributed by atoms with van der Waals surface area (Å²) in [6, 6.07) is 3.30. The van der Waals surface area contributed by atoms with Gasteiger partial charge in [-0.2, -0.15) is 5.21 Å². The summed E-state index contributed by atoms with van der Waals surface area (Å²) in [6.07, 6.45) is 3.35. The van der Waals surface area contributed by atoms with Crippen LogP contribution in [0.3, 0.4) is 0 Å². The third-order valence-electron chi connectivity index (χ3n) is 1.71. The monoisotopic (exact) mass is 176 g/mol. The molecule has 13 heavy (non-hydrogen) atoms. The van der Waals surface area contributed by atoms with E-state index in [1.807, 2.05) is 12.1 Å². The molecule has 0 saturated carbocycles. The van der Waals surface area contributed by atoms with E-state index in [4.69, 9.17) is 5.73 Å². The number of pyridine rings is 1. The number of nitrogens with two attached hydrogens (primary N) is 1. The highest BCUT2D eigenvalue weighted by atomic mass is 15.5. The van der Waals surface area contributed by atoms with E-state index in [2.05, 4.69) is 25.6 Å². The zero-order valence-corrected chi connectivity index (χ0v) is 6.75. The fourth-order valence-electron chi connectivity index (χ4n) is 1.02. The average Bonchev–Trinajstić information content (AvgIpc) is 2.71. The molecule has 2 rings (SSSR count). The summed E-state index contributed by atoms with van der Waals surface area (Å²) in [5.41, 5.74) is 6.76. The van der Waals surface area contributed by atoms with Gasteiger partial charge < -0.3 is 5.73 Å². The van der Waals surface area contributed by atoms with Gasteiger partial charge in [0, 0.05) is 12.4 Å². The third-order valence-corrected chi connectivity index (χ3v) is 1.71. The molecule has 0 aliphatic heterocycles. The fourth-order valence-corrected chi connectivity index (χ4v) is 1.02. The van der Waals surface area contributed by atoms with Crippen molar-refractivity contribution in [2.75, 3.05) is 0 Å². The van der Waals surface area contributed by atoms with Gasteiger partial charge in [0.2, 0.25) is 0 Å². The minimum atomic E-state index is -0.346. The van der Waals surface area contributed by atoms with Crippen molar-refractivity contribution in [1.29, 1.82) is 0 Å². The van der Waals surface area contributed by atoms with Gasteiger partial charge in [0.05, 0.1) is 6.04 Å². The van der Waals surface area contributed by atoms with Crippen LogP contribution in [0.25, 0.3) is 0 Å². The molecule has 6 heteroatoms. The highest BCUT2D eigenvalue weighted by Crippen LogP contribution is 2.12. The Morgan fingerprint density at radius 3 is 2.69 bits per heavy atom. The zero-order chi connectivity index (χ0) is 9.10. The molecule has 6 nitrogen and oxygen atoms in total. The summed E-state index contributed by atoms with van der Waals surface area (Å²) >= 11 is 0. The van der Waals surface area contributed by atoms with Crippen LogP contribution in [0.15, 0.2) is 24.5 Å². The maximum absolute atomic E-state index is 5.85. The topological polar surface area (TPSA) is 93.4 Å². The Morgan fingerprint density at radius 1 is 1.31 bits per heavy atom. The summed E-state index contributed by atoms with van der Waals surface area (Å²) in [4.78, 5) is 3.89. The summed E-state index contributed by atoms with van der Waals surface area (Å²) in [7, 11) is 0. The molecule has 3 N–H and O–H groups in total. The lowest BCUT2D eigenvalue weighted by atomic mass is 10.1. The average molecular weight is 176 g/mol. The van der Waals surface area contributed by atoms with Crippen molar-refractivity contribution in [3.8, 4) is 0 Å². The number of tetrazole rings is 1. The van der Waals surface area contributed by atoms with Crippen LogP contribution in [-0.2, 0) is 0 Å². The van der Waals surface area contributed by atoms with Crippen molar-refractivity contribution in [3.05, 3.63) is 35.9 Å². The molecule has 0 saturated heterocycles. The Hall–Kier alpha value is -1.82. The lowest BCUT2D eigenvalue weighted by Crippen LogP contribution is -2.13. The van der Waals surface area contributed by atoms with E-state index in [-0.39, 0.29) is 6.04 Å². The van der Waals surface area contributed by atoms with Crippen molar-refractivity contribution in [2.45, 2.75) is 6.04 Å². The molecular weight excluding hydrogens is 168 g/mol. The van der Waals surface area contributed by atoms with Gasteiger partial charge in [-0.25, -0.2) is 0 Å². The van der Waals surface area contributed by atoms with Crippen LogP contribution in [-0.4, -0.2) is 25.6 Å². The van der Waals surface area contributed by atoms with Crippen LogP contribution in [0.5, 0.6) is 0 Å². The molecule has 2 aromatic rings. The molecular formula is C7H8N6. The first-order valence-corrected chi connectivity index (χ1v) is 3.77. The summed E-state index contributed by atoms with van der Waals surface area (Å²) < 4.78 is 0. The normalized spacial score (nSPS) is 12.7. The molecule has 66 valence electrons. The second-order valence-electron chi connectivity index (χ2n) is 2.53. The fraction of sp³-hybridized carbons (Fsp3) is 0.143. The van der Waals surface area contributed by atoms with Gasteiger partial charge >= 0.3 is 0 Å². The van der Waals surface area contributed by atoms with Gasteiger partial charge in [-0.3, -0.25) is 4.98 Å². The number of aromatic nitrogens is 5. The Bertz CT molecular complexity index is 356. The minimum absolute atomic E-state index is 0.346. The number of H-pyrrole nitrogens is 1. The molecule has 1 unspecified atom stereocenters. The molecule has 0 bridgehead atoms. The lowest BCUT2D eigenvalue weighted by Gasteiger charge is -2.05. The molecule has 0 aliphatic rings. The maximum atomic E-state index is 5.85. The Kier molecular flexibility index (Phi) is 1.97. The summed E-state index contributed by atoms with van der Waals surface area (Å²) in [5, 5.41) is 13.4. The second-order valence-corrected chi connectivity index (χ2v) is 2.53. The number of aromatic amines is 1. The van der Waals surface area contributed by atoms with Crippen LogP contribution < -0.4 is 5.73 Å². The standard InChI is InChI=1S/C7H8N6/c8-6(7-10-12-13-11-7)5-1-3-9-4-2-5/h1-4,6H,8H2,(H,10,11,12,13). The molecule has 0 amide bonds. The van der Waals surface area contributed by atoms with Gasteiger partial charge in [0.1, 0.15) is 0 Å². The highest BCUT2D eigenvalue weighted by Gasteiger charge is 2.12. The van der Waals surface area contributed by atoms with E-state index in [1.54, 1.807) is 12.4 Å². The van der Waals surface area contributed by atoms with Crippen LogP contribution in [0.4, 0.5) is 0 Å². The van der Waals surface area contributed by atoms with Crippen molar-refractivity contribution in [2.24, 2.45) is 5.73 Å². The number of nitrogens with one attached hydrogen (secondary N) is 1. The number of hydrogen-bond acceptors (Lipinski definition) is 5. The van der Waals surface area contributed by atoms with Crippen molar-refractivity contribution in [3.63, 3.8) is 0 Å². The van der Waals surface area contributed by atoms with E-state index < -0.39 is 0 Å². The van der Waals surface area contributed by atoms with E-state index in [0.29, 0.717) is 5.82 Å². The van der Waals surface area contributed by atoms with Gasteiger partial charge in [0.25, 0.3) is 0 Å². The van der Waals surface area contributed by atoms with Crippen molar-refractivity contribution < 1.29 is 0 Å². The zero-order valence-electron chi connectivity index (χ0n) is 6.75. The third kappa shape index (κ3) is 1.52. The smallest absolute Gasteiger partial charge is 0.195 e. The van der Waals surface area contributed by atoms with E-state index in [9.17, 15) is 0 Å². The molecule has 0 fully saturated rings. The second kappa shape index (κ2) is 3.28. The van der Waals surface area contributed by atoms with Crippen LogP contribution in [0.2, 0.25) is 0 Å². The van der Waals surface area contributed by atoms with Crippen molar-refractivity contribution >= 4 is 0 Å². The van der Waals surface area contributed by atoms with E-state index >= 15 is 0 Å². The van der Waals surface area contributed by atoms with Gasteiger partial charge in [-0.1, -0.05) is 5.21 Å². The SMILES string of the molecule is NC(c1ccncc1)c1nn[nH]n1. The largest absolute Gasteiger partial charge is 0.318 e. The highest BCUT2D eigenvalue weighted by molar-refractivity contribution is 5.20. The predicted molar refractivity (Wildman–Crippen MR) is 44.4 cm³/mol. The Labute approximate surface area is 74.2 Å². The molecule has 1 atom stereocenters. The van der Waals surface area contributed by atoms with Gasteiger partial charge in [-0.15, -0.1) is 10.2 Å². The lowest BCUT2D eigenvalue weighted by molar-refractivity contribution is 0.783. The maximum Gasteiger partial charge on any atom is 0.195 e. The van der Waals surface area contributed by atoms with Gasteiger partial charge in [0.15, 0.2) is 5.82 Å². The van der Waals surface area contributed by atoms with E-state index in [1.165, 1.54) is 0 Å². The van der Waals surface area contributed by atoms with Crippen molar-refractivity contribution in [1.82, 2.24) is 25.6 Å². The number of hydrogen-bond donors (Lipinski definition) is 2. The summed E-state index contributed by atoms with van der Waals surface area (Å²) in [5.74, 6) is 0.478. The van der Waals surface area contributed by atoms with Crippen LogP contribution in [0, 0.1) is 0 Å². The van der Waals surface area contributed by atoms with Crippen LogP contribution in [0.1, 0.15) is 17.4 Å². The molecule has 2 aromatic heterocycles. The Balaban J connectivity index is 2.29. The first-order chi connectivity index (χ1) is 6.38. The van der Waals surface area contributed by atoms with Gasteiger partial charge in [-0.05, 0) is 17.7 Å². The quantitative estimate of drug-likeness (QED) is 0.651. The first-order valence-electron chi connectivity index (χ1n) is 3.77. The first kappa shape index (κ1) is 7.81. The molecule has 0 aliphatic carbocycles. The number of rotatable bonds is 2. The summed E-state index contributed by atoms with van der Waals surface area (Å²) in [6.45, 7) is 0. The molecule has 0 spiro atoms. The molecule has 0 aromatic carbocycles. The van der Waals surface area contributed by atoms with E-state index in [0.717, 1.165) is 5.56 Å². The minimum Gasteiger partial charge on any atom is -0.318 e. The Morgan fingerprint density at radius 2 is 2.08 bits per heavy atom. The molecule has 2 heterocycles. The molecule has 0 radical (unpaired) electrons. The number of nitrogens with zero attached hydrogens (tertiary/aromatic N) is 4. The van der Waals surface area contributed by atoms with Crippen LogP contribution >= 0.6 is 0 Å². The predicted octanol–water partition coefficient (Wildman–Crippen LogP) is -0.357.